The molecule has 0 N–H and O–H groups in total. The van der Waals surface area contributed by atoms with Crippen molar-refractivity contribution in [3.63, 3.8) is 0 Å². The highest BCUT2D eigenvalue weighted by Gasteiger charge is 2.00. The molecule has 0 aromatic carbocycles. The lowest BCUT2D eigenvalue weighted by Gasteiger charge is -2.12. The van der Waals surface area contributed by atoms with E-state index in [0.29, 0.717) is 6.61 Å². The fourth-order valence-corrected chi connectivity index (χ4v) is 1.21. The first kappa shape index (κ1) is 12.4. The molecule has 2 nitrogen and oxygen atoms in total. The fourth-order valence-electron chi connectivity index (χ4n) is 0.813. The second kappa shape index (κ2) is 9.49. The molecule has 0 heterocycles. The Morgan fingerprint density at radius 2 is 2.08 bits per heavy atom. The first-order chi connectivity index (χ1) is 5.81. The van der Waals surface area contributed by atoms with E-state index in [-0.39, 0.29) is 6.10 Å². The minimum absolute atomic E-state index is 0.236. The first-order valence-corrected chi connectivity index (χ1v) is 5.68. The van der Waals surface area contributed by atoms with Gasteiger partial charge in [-0.25, -0.2) is 0 Å². The van der Waals surface area contributed by atoms with Crippen molar-refractivity contribution >= 4 is 15.9 Å². The highest BCUT2D eigenvalue weighted by Crippen LogP contribution is 1.98. The van der Waals surface area contributed by atoms with E-state index in [9.17, 15) is 0 Å². The Morgan fingerprint density at radius 1 is 1.33 bits per heavy atom. The molecular weight excluding hydrogens is 220 g/mol. The lowest BCUT2D eigenvalue weighted by Crippen LogP contribution is -2.16. The summed E-state index contributed by atoms with van der Waals surface area (Å²) in [6.07, 6.45) is 2.54. The van der Waals surface area contributed by atoms with Crippen molar-refractivity contribution < 1.29 is 9.47 Å². The van der Waals surface area contributed by atoms with E-state index in [2.05, 4.69) is 15.9 Å². The van der Waals surface area contributed by atoms with E-state index in [0.717, 1.165) is 25.0 Å². The SMILES string of the molecule is CCOCC(C)OCCCCBr. The number of hydrogen-bond donors (Lipinski definition) is 0. The smallest absolute Gasteiger partial charge is 0.0780 e. The van der Waals surface area contributed by atoms with Gasteiger partial charge in [-0.15, -0.1) is 0 Å². The van der Waals surface area contributed by atoms with E-state index < -0.39 is 0 Å². The van der Waals surface area contributed by atoms with Gasteiger partial charge in [0, 0.05) is 18.5 Å². The zero-order valence-corrected chi connectivity index (χ0v) is 9.60. The average molecular weight is 239 g/mol. The van der Waals surface area contributed by atoms with Crippen LogP contribution in [-0.4, -0.2) is 31.3 Å². The number of hydrogen-bond acceptors (Lipinski definition) is 2. The molecule has 3 heteroatoms. The zero-order chi connectivity index (χ0) is 9.23. The number of rotatable bonds is 8. The summed E-state index contributed by atoms with van der Waals surface area (Å²) in [5.41, 5.74) is 0. The summed E-state index contributed by atoms with van der Waals surface area (Å²) < 4.78 is 10.7. The van der Waals surface area contributed by atoms with Crippen molar-refractivity contribution in [3.05, 3.63) is 0 Å². The maximum absolute atomic E-state index is 5.50. The first-order valence-electron chi connectivity index (χ1n) is 4.56. The Labute approximate surface area is 83.8 Å². The number of halogens is 1. The summed E-state index contributed by atoms with van der Waals surface area (Å²) in [5.74, 6) is 0. The lowest BCUT2D eigenvalue weighted by atomic mass is 10.3. The second-order valence-electron chi connectivity index (χ2n) is 2.74. The molecule has 74 valence electrons. The molecule has 0 aliphatic heterocycles. The predicted molar refractivity (Wildman–Crippen MR) is 54.9 cm³/mol. The molecule has 0 saturated heterocycles. The Bertz CT molecular complexity index is 88.6. The van der Waals surface area contributed by atoms with E-state index in [1.165, 1.54) is 6.42 Å². The fraction of sp³-hybridized carbons (Fsp3) is 1.00. The third-order valence-electron chi connectivity index (χ3n) is 1.49. The molecule has 12 heavy (non-hydrogen) atoms. The van der Waals surface area contributed by atoms with Crippen molar-refractivity contribution in [2.24, 2.45) is 0 Å². The molecule has 0 aliphatic rings. The van der Waals surface area contributed by atoms with Gasteiger partial charge in [-0.05, 0) is 26.7 Å². The van der Waals surface area contributed by atoms with E-state index in [1.807, 2.05) is 13.8 Å². The Hall–Kier alpha value is 0.400. The number of alkyl halides is 1. The number of unbranched alkanes of at least 4 members (excludes halogenated alkanes) is 1. The van der Waals surface area contributed by atoms with Crippen molar-refractivity contribution in [3.8, 4) is 0 Å². The standard InChI is InChI=1S/C9H19BrO2/c1-3-11-8-9(2)12-7-5-4-6-10/h9H,3-8H2,1-2H3. The summed E-state index contributed by atoms with van der Waals surface area (Å²) in [7, 11) is 0. The van der Waals surface area contributed by atoms with Crippen molar-refractivity contribution in [1.29, 1.82) is 0 Å². The molecular formula is C9H19BrO2. The highest BCUT2D eigenvalue weighted by molar-refractivity contribution is 9.09. The second-order valence-corrected chi connectivity index (χ2v) is 3.53. The quantitative estimate of drug-likeness (QED) is 0.478. The Kier molecular flexibility index (Phi) is 9.80. The molecule has 0 aliphatic carbocycles. The summed E-state index contributed by atoms with van der Waals surface area (Å²) in [4.78, 5) is 0. The molecule has 1 atom stereocenters. The summed E-state index contributed by atoms with van der Waals surface area (Å²) in [6, 6.07) is 0. The minimum Gasteiger partial charge on any atom is -0.379 e. The molecule has 0 rings (SSSR count). The third kappa shape index (κ3) is 8.50. The van der Waals surface area contributed by atoms with Crippen molar-refractivity contribution in [2.45, 2.75) is 32.8 Å². The third-order valence-corrected chi connectivity index (χ3v) is 2.05. The van der Waals surface area contributed by atoms with Gasteiger partial charge in [-0.3, -0.25) is 0 Å². The molecule has 0 bridgehead atoms. The maximum Gasteiger partial charge on any atom is 0.0780 e. The van der Waals surface area contributed by atoms with Crippen LogP contribution in [0.1, 0.15) is 26.7 Å². The molecule has 0 fully saturated rings. The minimum atomic E-state index is 0.236. The van der Waals surface area contributed by atoms with Crippen LogP contribution in [0, 0.1) is 0 Å². The predicted octanol–water partition coefficient (Wildman–Crippen LogP) is 2.60. The molecule has 0 amide bonds. The van der Waals surface area contributed by atoms with Crippen LogP contribution in [-0.2, 0) is 9.47 Å². The van der Waals surface area contributed by atoms with Crippen LogP contribution in [0.4, 0.5) is 0 Å². The molecule has 0 aromatic heterocycles. The van der Waals surface area contributed by atoms with Gasteiger partial charge >= 0.3 is 0 Å². The average Bonchev–Trinajstić information content (AvgIpc) is 2.09. The summed E-state index contributed by atoms with van der Waals surface area (Å²) in [6.45, 7) is 6.38. The molecule has 0 saturated carbocycles. The molecule has 0 spiro atoms. The highest BCUT2D eigenvalue weighted by atomic mass is 79.9. The van der Waals surface area contributed by atoms with Gasteiger partial charge in [0.1, 0.15) is 0 Å². The van der Waals surface area contributed by atoms with Crippen LogP contribution < -0.4 is 0 Å². The largest absolute Gasteiger partial charge is 0.379 e. The van der Waals surface area contributed by atoms with Crippen LogP contribution >= 0.6 is 15.9 Å². The van der Waals surface area contributed by atoms with Crippen LogP contribution in [0.25, 0.3) is 0 Å². The maximum atomic E-state index is 5.50. The van der Waals surface area contributed by atoms with Gasteiger partial charge in [0.15, 0.2) is 0 Å². The summed E-state index contributed by atoms with van der Waals surface area (Å²) >= 11 is 3.38. The van der Waals surface area contributed by atoms with Gasteiger partial charge in [-0.2, -0.15) is 0 Å². The summed E-state index contributed by atoms with van der Waals surface area (Å²) in [5, 5.41) is 1.07. The topological polar surface area (TPSA) is 18.5 Å². The van der Waals surface area contributed by atoms with Crippen LogP contribution in [0.15, 0.2) is 0 Å². The molecule has 1 unspecified atom stereocenters. The van der Waals surface area contributed by atoms with E-state index >= 15 is 0 Å². The normalized spacial score (nSPS) is 13.2. The van der Waals surface area contributed by atoms with Crippen LogP contribution in [0.2, 0.25) is 0 Å². The Balaban J connectivity index is 3.02. The molecule has 0 aromatic rings. The van der Waals surface area contributed by atoms with Gasteiger partial charge in [0.25, 0.3) is 0 Å². The van der Waals surface area contributed by atoms with E-state index in [4.69, 9.17) is 9.47 Å². The Morgan fingerprint density at radius 3 is 2.67 bits per heavy atom. The van der Waals surface area contributed by atoms with Gasteiger partial charge < -0.3 is 9.47 Å². The van der Waals surface area contributed by atoms with Gasteiger partial charge in [0.05, 0.1) is 12.7 Å². The van der Waals surface area contributed by atoms with E-state index in [1.54, 1.807) is 0 Å². The molecule has 0 radical (unpaired) electrons. The van der Waals surface area contributed by atoms with Crippen molar-refractivity contribution in [2.75, 3.05) is 25.2 Å². The zero-order valence-electron chi connectivity index (χ0n) is 8.01. The van der Waals surface area contributed by atoms with Gasteiger partial charge in [-0.1, -0.05) is 15.9 Å². The van der Waals surface area contributed by atoms with Crippen LogP contribution in [0.3, 0.4) is 0 Å². The van der Waals surface area contributed by atoms with Gasteiger partial charge in [0.2, 0.25) is 0 Å². The van der Waals surface area contributed by atoms with Crippen molar-refractivity contribution in [1.82, 2.24) is 0 Å². The van der Waals surface area contributed by atoms with Crippen LogP contribution in [0.5, 0.6) is 0 Å². The number of ether oxygens (including phenoxy) is 2. The monoisotopic (exact) mass is 238 g/mol. The lowest BCUT2D eigenvalue weighted by molar-refractivity contribution is -0.00410.